The van der Waals surface area contributed by atoms with Gasteiger partial charge in [0.15, 0.2) is 0 Å². The van der Waals surface area contributed by atoms with E-state index in [-0.39, 0.29) is 5.92 Å². The highest BCUT2D eigenvalue weighted by Crippen LogP contribution is 2.37. The molecule has 3 rings (SSSR count). The minimum absolute atomic E-state index is 0.0216. The van der Waals surface area contributed by atoms with Gasteiger partial charge in [-0.25, -0.2) is 0 Å². The average molecular weight is 254 g/mol. The summed E-state index contributed by atoms with van der Waals surface area (Å²) in [5.41, 5.74) is 1.06. The number of Topliss-reactive ketones (excluding diaryl/α,β-unsaturated/α-hetero) is 1. The zero-order valence-electron chi connectivity index (χ0n) is 11.2. The van der Waals surface area contributed by atoms with Crippen molar-refractivity contribution in [3.05, 3.63) is 42.0 Å². The van der Waals surface area contributed by atoms with E-state index >= 15 is 0 Å². The van der Waals surface area contributed by atoms with Gasteiger partial charge in [0.25, 0.3) is 0 Å². The average Bonchev–Trinajstić information content (AvgIpc) is 2.46. The number of hydrogen-bond donors (Lipinski definition) is 0. The molecule has 2 nitrogen and oxygen atoms in total. The van der Waals surface area contributed by atoms with Crippen LogP contribution in [-0.4, -0.2) is 12.9 Å². The number of ether oxygens (including phenoxy) is 1. The van der Waals surface area contributed by atoms with Gasteiger partial charge in [0.1, 0.15) is 11.5 Å². The van der Waals surface area contributed by atoms with Gasteiger partial charge >= 0.3 is 0 Å². The minimum Gasteiger partial charge on any atom is -0.496 e. The molecule has 0 bridgehead atoms. The Morgan fingerprint density at radius 1 is 1.11 bits per heavy atom. The largest absolute Gasteiger partial charge is 0.496 e. The molecule has 0 saturated heterocycles. The lowest BCUT2D eigenvalue weighted by atomic mass is 9.82. The summed E-state index contributed by atoms with van der Waals surface area (Å²) in [7, 11) is 1.68. The van der Waals surface area contributed by atoms with Crippen molar-refractivity contribution in [1.82, 2.24) is 0 Å². The number of hydrogen-bond acceptors (Lipinski definition) is 2. The fourth-order valence-electron chi connectivity index (χ4n) is 3.00. The summed E-state index contributed by atoms with van der Waals surface area (Å²) < 4.78 is 5.50. The summed E-state index contributed by atoms with van der Waals surface area (Å²) in [5, 5.41) is 2.34. The van der Waals surface area contributed by atoms with Gasteiger partial charge in [-0.05, 0) is 35.7 Å². The van der Waals surface area contributed by atoms with Gasteiger partial charge in [-0.1, -0.05) is 30.7 Å². The maximum atomic E-state index is 12.1. The number of methoxy groups -OCH3 is 1. The predicted molar refractivity (Wildman–Crippen MR) is 76.7 cm³/mol. The summed E-state index contributed by atoms with van der Waals surface area (Å²) >= 11 is 0. The van der Waals surface area contributed by atoms with E-state index in [0.717, 1.165) is 36.0 Å². The van der Waals surface area contributed by atoms with Crippen LogP contribution in [0.2, 0.25) is 0 Å². The lowest BCUT2D eigenvalue weighted by Crippen LogP contribution is -2.17. The lowest BCUT2D eigenvalue weighted by molar-refractivity contribution is -0.121. The maximum absolute atomic E-state index is 12.1. The molecule has 1 aliphatic rings. The van der Waals surface area contributed by atoms with Crippen LogP contribution in [0.1, 0.15) is 37.2 Å². The first-order valence-electron chi connectivity index (χ1n) is 6.89. The number of rotatable bonds is 2. The van der Waals surface area contributed by atoms with Crippen molar-refractivity contribution in [3.8, 4) is 5.75 Å². The molecule has 19 heavy (non-hydrogen) atoms. The Hall–Kier alpha value is -1.83. The number of ketones is 1. The molecule has 1 unspecified atom stereocenters. The molecule has 0 heterocycles. The van der Waals surface area contributed by atoms with E-state index in [2.05, 4.69) is 18.2 Å². The molecule has 2 aromatic carbocycles. The van der Waals surface area contributed by atoms with E-state index in [1.807, 2.05) is 18.2 Å². The van der Waals surface area contributed by atoms with Crippen LogP contribution in [0.3, 0.4) is 0 Å². The van der Waals surface area contributed by atoms with Gasteiger partial charge in [0, 0.05) is 17.9 Å². The van der Waals surface area contributed by atoms with Gasteiger partial charge in [-0.2, -0.15) is 0 Å². The third-order valence-electron chi connectivity index (χ3n) is 4.03. The number of carbonyl (C=O) groups excluding carboxylic acids is 1. The fourth-order valence-corrected chi connectivity index (χ4v) is 3.00. The molecule has 1 atom stereocenters. The van der Waals surface area contributed by atoms with Crippen LogP contribution >= 0.6 is 0 Å². The van der Waals surface area contributed by atoms with Crippen LogP contribution in [-0.2, 0) is 4.79 Å². The summed E-state index contributed by atoms with van der Waals surface area (Å²) in [4.78, 5) is 12.1. The molecular weight excluding hydrogens is 236 g/mol. The molecule has 0 spiro atoms. The smallest absolute Gasteiger partial charge is 0.140 e. The van der Waals surface area contributed by atoms with Crippen LogP contribution < -0.4 is 4.74 Å². The van der Waals surface area contributed by atoms with E-state index in [9.17, 15) is 4.79 Å². The zero-order chi connectivity index (χ0) is 13.2. The van der Waals surface area contributed by atoms with Crippen molar-refractivity contribution < 1.29 is 9.53 Å². The van der Waals surface area contributed by atoms with E-state index in [1.54, 1.807) is 7.11 Å². The van der Waals surface area contributed by atoms with Gasteiger partial charge in [0.05, 0.1) is 7.11 Å². The molecule has 1 saturated carbocycles. The minimum atomic E-state index is 0.0216. The highest BCUT2D eigenvalue weighted by atomic mass is 16.5. The third-order valence-corrected chi connectivity index (χ3v) is 4.03. The van der Waals surface area contributed by atoms with Crippen molar-refractivity contribution in [2.75, 3.05) is 7.11 Å². The Morgan fingerprint density at radius 3 is 2.53 bits per heavy atom. The first-order valence-corrected chi connectivity index (χ1v) is 6.89. The number of fused-ring (bicyclic) bond motifs is 1. The highest BCUT2D eigenvalue weighted by molar-refractivity contribution is 5.91. The second-order valence-corrected chi connectivity index (χ2v) is 5.21. The van der Waals surface area contributed by atoms with Gasteiger partial charge < -0.3 is 4.74 Å². The molecule has 1 aliphatic carbocycles. The van der Waals surface area contributed by atoms with E-state index in [1.165, 1.54) is 5.39 Å². The van der Waals surface area contributed by atoms with Crippen molar-refractivity contribution in [2.45, 2.75) is 31.6 Å². The maximum Gasteiger partial charge on any atom is 0.140 e. The Kier molecular flexibility index (Phi) is 3.24. The number of benzene rings is 2. The summed E-state index contributed by atoms with van der Waals surface area (Å²) in [6.07, 6.45) is 3.83. The van der Waals surface area contributed by atoms with E-state index < -0.39 is 0 Å². The molecule has 0 N–H and O–H groups in total. The first kappa shape index (κ1) is 12.2. The second kappa shape index (κ2) is 5.04. The summed E-state index contributed by atoms with van der Waals surface area (Å²) in [6.45, 7) is 0. The summed E-state index contributed by atoms with van der Waals surface area (Å²) in [5.74, 6) is 1.23. The first-order chi connectivity index (χ1) is 9.29. The third kappa shape index (κ3) is 2.23. The Balaban J connectivity index is 2.12. The van der Waals surface area contributed by atoms with Crippen LogP contribution in [0.15, 0.2) is 36.4 Å². The Labute approximate surface area is 113 Å². The monoisotopic (exact) mass is 254 g/mol. The second-order valence-electron chi connectivity index (χ2n) is 5.21. The molecule has 0 aromatic heterocycles. The van der Waals surface area contributed by atoms with E-state index in [0.29, 0.717) is 12.2 Å². The van der Waals surface area contributed by atoms with E-state index in [4.69, 9.17) is 4.74 Å². The highest BCUT2D eigenvalue weighted by Gasteiger charge is 2.26. The predicted octanol–water partition coefficient (Wildman–Crippen LogP) is 4.08. The molecule has 0 radical (unpaired) electrons. The number of carbonyl (C=O) groups is 1. The Morgan fingerprint density at radius 2 is 1.84 bits per heavy atom. The van der Waals surface area contributed by atoms with Crippen molar-refractivity contribution in [3.63, 3.8) is 0 Å². The van der Waals surface area contributed by atoms with Crippen molar-refractivity contribution in [2.24, 2.45) is 0 Å². The molecule has 0 aliphatic heterocycles. The van der Waals surface area contributed by atoms with Crippen LogP contribution in [0.5, 0.6) is 5.75 Å². The normalized spacial score (nSPS) is 19.6. The van der Waals surface area contributed by atoms with Crippen LogP contribution in [0, 0.1) is 0 Å². The zero-order valence-corrected chi connectivity index (χ0v) is 11.2. The van der Waals surface area contributed by atoms with Crippen LogP contribution in [0.4, 0.5) is 0 Å². The molecule has 2 aromatic rings. The standard InChI is InChI=1S/C17H18O2/c1-19-17-11-13-7-3-2-6-12(13)10-15(17)14-8-4-5-9-16(14)18/h2-3,6-7,10-11,14H,4-5,8-9H2,1H3. The Bertz CT molecular complexity index is 616. The fraction of sp³-hybridized carbons (Fsp3) is 0.353. The molecule has 0 amide bonds. The van der Waals surface area contributed by atoms with Gasteiger partial charge in [-0.15, -0.1) is 0 Å². The summed E-state index contributed by atoms with van der Waals surface area (Å²) in [6, 6.07) is 12.4. The van der Waals surface area contributed by atoms with Crippen molar-refractivity contribution >= 4 is 16.6 Å². The van der Waals surface area contributed by atoms with Gasteiger partial charge in [0.2, 0.25) is 0 Å². The molecule has 1 fully saturated rings. The lowest BCUT2D eigenvalue weighted by Gasteiger charge is -2.23. The molecule has 2 heteroatoms. The van der Waals surface area contributed by atoms with Crippen molar-refractivity contribution in [1.29, 1.82) is 0 Å². The van der Waals surface area contributed by atoms with Crippen LogP contribution in [0.25, 0.3) is 10.8 Å². The van der Waals surface area contributed by atoms with Gasteiger partial charge in [-0.3, -0.25) is 4.79 Å². The molecule has 98 valence electrons. The molecular formula is C17H18O2. The SMILES string of the molecule is COc1cc2ccccc2cc1C1CCCCC1=O. The quantitative estimate of drug-likeness (QED) is 0.807. The topological polar surface area (TPSA) is 26.3 Å².